The standard InChI is InChI=1S/C16H21FN2/c1-2-19-12-13(11-18-8-4-3-5-9-18)15-7-6-14(17)10-16(15)19/h6-7,10,12H,2-5,8-9,11H2,1H3. The Bertz CT molecular complexity index is 567. The number of likely N-dealkylation sites (tertiary alicyclic amines) is 1. The molecule has 0 radical (unpaired) electrons. The second kappa shape index (κ2) is 5.33. The maximum atomic E-state index is 13.4. The van der Waals surface area contributed by atoms with E-state index in [1.807, 2.05) is 6.07 Å². The van der Waals surface area contributed by atoms with Gasteiger partial charge in [0.05, 0.1) is 5.52 Å². The third-order valence-electron chi connectivity index (χ3n) is 4.11. The molecule has 0 atom stereocenters. The fourth-order valence-corrected chi connectivity index (χ4v) is 3.09. The number of fused-ring (bicyclic) bond motifs is 1. The molecule has 1 fully saturated rings. The van der Waals surface area contributed by atoms with Gasteiger partial charge in [-0.25, -0.2) is 4.39 Å². The Morgan fingerprint density at radius 2 is 1.95 bits per heavy atom. The number of hydrogen-bond donors (Lipinski definition) is 0. The molecule has 2 heterocycles. The van der Waals surface area contributed by atoms with Crippen LogP contribution in [0.1, 0.15) is 31.7 Å². The minimum atomic E-state index is -0.148. The second-order valence-corrected chi connectivity index (χ2v) is 5.44. The Kier molecular flexibility index (Phi) is 3.56. The molecule has 2 aromatic rings. The van der Waals surface area contributed by atoms with Crippen molar-refractivity contribution in [2.45, 2.75) is 39.3 Å². The number of piperidine rings is 1. The van der Waals surface area contributed by atoms with Crippen molar-refractivity contribution in [3.63, 3.8) is 0 Å². The lowest BCUT2D eigenvalue weighted by molar-refractivity contribution is 0.221. The van der Waals surface area contributed by atoms with Crippen LogP contribution in [0.3, 0.4) is 0 Å². The lowest BCUT2D eigenvalue weighted by Crippen LogP contribution is -2.28. The topological polar surface area (TPSA) is 8.17 Å². The van der Waals surface area contributed by atoms with E-state index in [0.29, 0.717) is 0 Å². The van der Waals surface area contributed by atoms with E-state index in [4.69, 9.17) is 0 Å². The molecule has 1 aromatic heterocycles. The van der Waals surface area contributed by atoms with Gasteiger partial charge in [-0.1, -0.05) is 6.42 Å². The molecule has 0 N–H and O–H groups in total. The van der Waals surface area contributed by atoms with Gasteiger partial charge in [-0.2, -0.15) is 0 Å². The van der Waals surface area contributed by atoms with E-state index in [1.54, 1.807) is 12.1 Å². The molecule has 3 heteroatoms. The summed E-state index contributed by atoms with van der Waals surface area (Å²) >= 11 is 0. The van der Waals surface area contributed by atoms with Crippen molar-refractivity contribution in [2.75, 3.05) is 13.1 Å². The van der Waals surface area contributed by atoms with Crippen LogP contribution in [0.5, 0.6) is 0 Å². The Labute approximate surface area is 113 Å². The molecule has 0 amide bonds. The highest BCUT2D eigenvalue weighted by Crippen LogP contribution is 2.24. The molecule has 1 aliphatic heterocycles. The first-order valence-corrected chi connectivity index (χ1v) is 7.27. The SMILES string of the molecule is CCn1cc(CN2CCCCC2)c2ccc(F)cc21. The van der Waals surface area contributed by atoms with Crippen LogP contribution >= 0.6 is 0 Å². The van der Waals surface area contributed by atoms with Gasteiger partial charge < -0.3 is 4.57 Å². The Hall–Kier alpha value is -1.35. The van der Waals surface area contributed by atoms with Gasteiger partial charge in [0.1, 0.15) is 5.82 Å². The van der Waals surface area contributed by atoms with Crippen molar-refractivity contribution in [2.24, 2.45) is 0 Å². The number of benzene rings is 1. The highest BCUT2D eigenvalue weighted by molar-refractivity contribution is 5.84. The van der Waals surface area contributed by atoms with E-state index in [9.17, 15) is 4.39 Å². The van der Waals surface area contributed by atoms with Gasteiger partial charge in [-0.3, -0.25) is 4.90 Å². The zero-order valence-corrected chi connectivity index (χ0v) is 11.5. The number of halogens is 1. The number of hydrogen-bond acceptors (Lipinski definition) is 1. The van der Waals surface area contributed by atoms with E-state index in [1.165, 1.54) is 43.3 Å². The molecule has 0 bridgehead atoms. The average molecular weight is 260 g/mol. The maximum absolute atomic E-state index is 13.4. The summed E-state index contributed by atoms with van der Waals surface area (Å²) in [6.07, 6.45) is 6.17. The predicted molar refractivity (Wildman–Crippen MR) is 76.7 cm³/mol. The lowest BCUT2D eigenvalue weighted by atomic mass is 10.1. The molecule has 1 saturated heterocycles. The fraction of sp³-hybridized carbons (Fsp3) is 0.500. The van der Waals surface area contributed by atoms with Crippen molar-refractivity contribution in [3.05, 3.63) is 35.8 Å². The molecule has 0 spiro atoms. The molecule has 0 aliphatic carbocycles. The molecule has 1 aliphatic rings. The molecule has 19 heavy (non-hydrogen) atoms. The summed E-state index contributed by atoms with van der Waals surface area (Å²) in [6, 6.07) is 5.15. The van der Waals surface area contributed by atoms with Crippen LogP contribution in [-0.2, 0) is 13.1 Å². The normalized spacial score (nSPS) is 17.2. The molecule has 1 aromatic carbocycles. The monoisotopic (exact) mass is 260 g/mol. The first kappa shape index (κ1) is 12.7. The quantitative estimate of drug-likeness (QED) is 0.815. The maximum Gasteiger partial charge on any atom is 0.125 e. The van der Waals surface area contributed by atoms with E-state index in [2.05, 4.69) is 22.6 Å². The van der Waals surface area contributed by atoms with E-state index >= 15 is 0 Å². The zero-order chi connectivity index (χ0) is 13.2. The minimum absolute atomic E-state index is 0.148. The summed E-state index contributed by atoms with van der Waals surface area (Å²) in [5.74, 6) is -0.148. The van der Waals surface area contributed by atoms with Crippen LogP contribution in [0.2, 0.25) is 0 Å². The molecule has 0 saturated carbocycles. The van der Waals surface area contributed by atoms with Crippen LogP contribution in [0, 0.1) is 5.82 Å². The van der Waals surface area contributed by atoms with Crippen LogP contribution in [0.4, 0.5) is 4.39 Å². The Morgan fingerprint density at radius 3 is 2.68 bits per heavy atom. The number of nitrogens with zero attached hydrogens (tertiary/aromatic N) is 2. The smallest absolute Gasteiger partial charge is 0.125 e. The molecular weight excluding hydrogens is 239 g/mol. The summed E-state index contributed by atoms with van der Waals surface area (Å²) in [7, 11) is 0. The van der Waals surface area contributed by atoms with Gasteiger partial charge in [0, 0.05) is 24.7 Å². The predicted octanol–water partition coefficient (Wildman–Crippen LogP) is 3.79. The van der Waals surface area contributed by atoms with Crippen LogP contribution < -0.4 is 0 Å². The molecule has 2 nitrogen and oxygen atoms in total. The summed E-state index contributed by atoms with van der Waals surface area (Å²) in [6.45, 7) is 6.38. The van der Waals surface area contributed by atoms with Crippen molar-refractivity contribution in [1.82, 2.24) is 9.47 Å². The molecule has 3 rings (SSSR count). The van der Waals surface area contributed by atoms with E-state index in [-0.39, 0.29) is 5.82 Å². The average Bonchev–Trinajstić information content (AvgIpc) is 2.77. The van der Waals surface area contributed by atoms with Gasteiger partial charge in [0.15, 0.2) is 0 Å². The summed E-state index contributed by atoms with van der Waals surface area (Å²) in [5, 5.41) is 1.20. The Morgan fingerprint density at radius 1 is 1.16 bits per heavy atom. The van der Waals surface area contributed by atoms with E-state index < -0.39 is 0 Å². The molecule has 0 unspecified atom stereocenters. The van der Waals surface area contributed by atoms with Gasteiger partial charge >= 0.3 is 0 Å². The number of aromatic nitrogens is 1. The number of rotatable bonds is 3. The van der Waals surface area contributed by atoms with E-state index in [0.717, 1.165) is 18.6 Å². The van der Waals surface area contributed by atoms with Gasteiger partial charge in [-0.15, -0.1) is 0 Å². The highest BCUT2D eigenvalue weighted by atomic mass is 19.1. The fourth-order valence-electron chi connectivity index (χ4n) is 3.09. The lowest BCUT2D eigenvalue weighted by Gasteiger charge is -2.26. The van der Waals surface area contributed by atoms with Gasteiger partial charge in [0.2, 0.25) is 0 Å². The van der Waals surface area contributed by atoms with Crippen LogP contribution in [0.25, 0.3) is 10.9 Å². The highest BCUT2D eigenvalue weighted by Gasteiger charge is 2.14. The van der Waals surface area contributed by atoms with Crippen LogP contribution in [0.15, 0.2) is 24.4 Å². The largest absolute Gasteiger partial charge is 0.347 e. The summed E-state index contributed by atoms with van der Waals surface area (Å²) < 4.78 is 15.5. The first-order chi connectivity index (χ1) is 9.28. The van der Waals surface area contributed by atoms with Gasteiger partial charge in [-0.05, 0) is 56.6 Å². The van der Waals surface area contributed by atoms with Crippen molar-refractivity contribution < 1.29 is 4.39 Å². The van der Waals surface area contributed by atoms with Crippen molar-refractivity contribution in [1.29, 1.82) is 0 Å². The van der Waals surface area contributed by atoms with Crippen molar-refractivity contribution >= 4 is 10.9 Å². The summed E-state index contributed by atoms with van der Waals surface area (Å²) in [4.78, 5) is 2.52. The molecule has 102 valence electrons. The first-order valence-electron chi connectivity index (χ1n) is 7.27. The zero-order valence-electron chi connectivity index (χ0n) is 11.5. The minimum Gasteiger partial charge on any atom is -0.347 e. The van der Waals surface area contributed by atoms with Crippen LogP contribution in [-0.4, -0.2) is 22.6 Å². The molecular formula is C16H21FN2. The number of aryl methyl sites for hydroxylation is 1. The van der Waals surface area contributed by atoms with Crippen molar-refractivity contribution in [3.8, 4) is 0 Å². The third-order valence-corrected chi connectivity index (χ3v) is 4.11. The second-order valence-electron chi connectivity index (χ2n) is 5.44. The van der Waals surface area contributed by atoms with Gasteiger partial charge in [0.25, 0.3) is 0 Å². The summed E-state index contributed by atoms with van der Waals surface area (Å²) in [5.41, 5.74) is 2.35. The third kappa shape index (κ3) is 2.52. The Balaban J connectivity index is 1.94.